The smallest absolute Gasteiger partial charge is 0.304 e. The molecule has 1 aromatic rings. The average Bonchev–Trinajstić information content (AvgIpc) is 2.19. The zero-order chi connectivity index (χ0) is 13.9. The maximum Gasteiger partial charge on any atom is 0.304 e. The summed E-state index contributed by atoms with van der Waals surface area (Å²) in [5.74, 6) is -1.06. The van der Waals surface area contributed by atoms with Crippen LogP contribution < -0.4 is 4.72 Å². The van der Waals surface area contributed by atoms with Crippen LogP contribution in [0.4, 0.5) is 0 Å². The minimum atomic E-state index is -3.76. The van der Waals surface area contributed by atoms with Crippen molar-refractivity contribution >= 4 is 27.6 Å². The molecule has 0 radical (unpaired) electrons. The first-order chi connectivity index (χ1) is 8.24. The Kier molecular flexibility index (Phi) is 4.72. The Bertz CT molecular complexity index is 556. The summed E-state index contributed by atoms with van der Waals surface area (Å²) in [6, 6.07) is 3.87. The van der Waals surface area contributed by atoms with E-state index >= 15 is 0 Å². The maximum atomic E-state index is 12.0. The number of carboxylic acids is 1. The quantitative estimate of drug-likeness (QED) is 0.866. The molecule has 0 aliphatic heterocycles. The van der Waals surface area contributed by atoms with Crippen molar-refractivity contribution in [3.05, 3.63) is 28.8 Å². The first kappa shape index (κ1) is 14.9. The van der Waals surface area contributed by atoms with E-state index in [0.717, 1.165) is 0 Å². The molecule has 0 saturated carbocycles. The molecule has 0 saturated heterocycles. The van der Waals surface area contributed by atoms with Crippen molar-refractivity contribution in [2.45, 2.75) is 31.2 Å². The van der Waals surface area contributed by atoms with Crippen molar-refractivity contribution in [1.29, 1.82) is 0 Å². The zero-order valence-electron chi connectivity index (χ0n) is 9.97. The van der Waals surface area contributed by atoms with Gasteiger partial charge >= 0.3 is 5.97 Å². The van der Waals surface area contributed by atoms with Gasteiger partial charge in [-0.2, -0.15) is 0 Å². The van der Waals surface area contributed by atoms with E-state index in [-0.39, 0.29) is 11.3 Å². The molecule has 0 amide bonds. The fourth-order valence-corrected chi connectivity index (χ4v) is 3.25. The highest BCUT2D eigenvalue weighted by atomic mass is 35.5. The number of carboxylic acid groups (broad SMARTS) is 1. The van der Waals surface area contributed by atoms with Crippen molar-refractivity contribution in [3.8, 4) is 0 Å². The summed E-state index contributed by atoms with van der Waals surface area (Å²) in [5.41, 5.74) is 0.439. The molecule has 0 aliphatic rings. The van der Waals surface area contributed by atoms with E-state index < -0.39 is 22.0 Å². The van der Waals surface area contributed by atoms with Gasteiger partial charge in [-0.25, -0.2) is 13.1 Å². The lowest BCUT2D eigenvalue weighted by molar-refractivity contribution is -0.137. The topological polar surface area (TPSA) is 83.5 Å². The lowest BCUT2D eigenvalue weighted by Crippen LogP contribution is -2.34. The molecule has 100 valence electrons. The standard InChI is InChI=1S/C11H14ClNO4S/c1-7(6-11(14)15)13-18(16,17)10-5-3-4-9(12)8(10)2/h3-5,7,13H,6H2,1-2H3,(H,14,15). The van der Waals surface area contributed by atoms with Crippen LogP contribution in [0.1, 0.15) is 18.9 Å². The Morgan fingerprint density at radius 3 is 2.67 bits per heavy atom. The molecule has 0 aliphatic carbocycles. The molecule has 0 aromatic heterocycles. The highest BCUT2D eigenvalue weighted by Crippen LogP contribution is 2.22. The highest BCUT2D eigenvalue weighted by molar-refractivity contribution is 7.89. The van der Waals surface area contributed by atoms with E-state index in [2.05, 4.69) is 4.72 Å². The number of carbonyl (C=O) groups is 1. The zero-order valence-corrected chi connectivity index (χ0v) is 11.5. The number of rotatable bonds is 5. The molecule has 1 aromatic carbocycles. The average molecular weight is 292 g/mol. The lowest BCUT2D eigenvalue weighted by atomic mass is 10.2. The monoisotopic (exact) mass is 291 g/mol. The second-order valence-electron chi connectivity index (χ2n) is 3.98. The summed E-state index contributed by atoms with van der Waals surface area (Å²) >= 11 is 5.85. The third kappa shape index (κ3) is 3.69. The summed E-state index contributed by atoms with van der Waals surface area (Å²) in [6.45, 7) is 3.09. The molecule has 0 heterocycles. The van der Waals surface area contributed by atoms with Gasteiger partial charge in [-0.15, -0.1) is 0 Å². The Balaban J connectivity index is 3.00. The van der Waals surface area contributed by atoms with E-state index in [1.165, 1.54) is 19.1 Å². The number of aliphatic carboxylic acids is 1. The highest BCUT2D eigenvalue weighted by Gasteiger charge is 2.21. The fraction of sp³-hybridized carbons (Fsp3) is 0.364. The van der Waals surface area contributed by atoms with Crippen LogP contribution in [0.15, 0.2) is 23.1 Å². The maximum absolute atomic E-state index is 12.0. The van der Waals surface area contributed by atoms with E-state index in [4.69, 9.17) is 16.7 Å². The molecule has 5 nitrogen and oxygen atoms in total. The van der Waals surface area contributed by atoms with Crippen molar-refractivity contribution in [2.24, 2.45) is 0 Å². The van der Waals surface area contributed by atoms with Crippen molar-refractivity contribution in [2.75, 3.05) is 0 Å². The van der Waals surface area contributed by atoms with E-state index in [9.17, 15) is 13.2 Å². The van der Waals surface area contributed by atoms with Gasteiger partial charge in [-0.1, -0.05) is 17.7 Å². The fourth-order valence-electron chi connectivity index (χ4n) is 1.51. The second kappa shape index (κ2) is 5.69. The number of halogens is 1. The summed E-state index contributed by atoms with van der Waals surface area (Å²) in [5, 5.41) is 8.94. The molecule has 0 spiro atoms. The number of hydrogen-bond acceptors (Lipinski definition) is 3. The van der Waals surface area contributed by atoms with Gasteiger partial charge in [-0.3, -0.25) is 4.79 Å². The van der Waals surface area contributed by atoms with Gasteiger partial charge in [0.2, 0.25) is 10.0 Å². The van der Waals surface area contributed by atoms with Crippen molar-refractivity contribution < 1.29 is 18.3 Å². The Morgan fingerprint density at radius 2 is 2.11 bits per heavy atom. The molecule has 7 heteroatoms. The SMILES string of the molecule is Cc1c(Cl)cccc1S(=O)(=O)NC(C)CC(=O)O. The minimum Gasteiger partial charge on any atom is -0.481 e. The molecule has 1 unspecified atom stereocenters. The van der Waals surface area contributed by atoms with Gasteiger partial charge in [0.15, 0.2) is 0 Å². The first-order valence-corrected chi connectivity index (χ1v) is 7.09. The number of nitrogens with one attached hydrogen (secondary N) is 1. The van der Waals surface area contributed by atoms with Gasteiger partial charge < -0.3 is 5.11 Å². The van der Waals surface area contributed by atoms with Crippen LogP contribution in [-0.4, -0.2) is 25.5 Å². The molecule has 2 N–H and O–H groups in total. The third-order valence-electron chi connectivity index (χ3n) is 2.34. The number of benzene rings is 1. The summed E-state index contributed by atoms with van der Waals surface area (Å²) in [4.78, 5) is 10.6. The molecular weight excluding hydrogens is 278 g/mol. The number of hydrogen-bond donors (Lipinski definition) is 2. The Hall–Kier alpha value is -1.11. The lowest BCUT2D eigenvalue weighted by Gasteiger charge is -2.14. The van der Waals surface area contributed by atoms with Crippen LogP contribution in [0.25, 0.3) is 0 Å². The van der Waals surface area contributed by atoms with Crippen LogP contribution in [-0.2, 0) is 14.8 Å². The van der Waals surface area contributed by atoms with Crippen LogP contribution in [0.5, 0.6) is 0 Å². The Morgan fingerprint density at radius 1 is 1.50 bits per heavy atom. The minimum absolute atomic E-state index is 0.0623. The molecule has 18 heavy (non-hydrogen) atoms. The van der Waals surface area contributed by atoms with Gasteiger partial charge in [0.1, 0.15) is 0 Å². The van der Waals surface area contributed by atoms with Gasteiger partial charge in [-0.05, 0) is 31.5 Å². The van der Waals surface area contributed by atoms with Crippen LogP contribution in [0, 0.1) is 6.92 Å². The van der Waals surface area contributed by atoms with Gasteiger partial charge in [0.05, 0.1) is 11.3 Å². The van der Waals surface area contributed by atoms with Crippen molar-refractivity contribution in [3.63, 3.8) is 0 Å². The van der Waals surface area contributed by atoms with Crippen LogP contribution >= 0.6 is 11.6 Å². The predicted octanol–water partition coefficient (Wildman–Crippen LogP) is 1.79. The van der Waals surface area contributed by atoms with Crippen molar-refractivity contribution in [1.82, 2.24) is 4.72 Å². The molecule has 0 fully saturated rings. The second-order valence-corrected chi connectivity index (χ2v) is 6.07. The van der Waals surface area contributed by atoms with Crippen LogP contribution in [0.2, 0.25) is 5.02 Å². The molecule has 0 bridgehead atoms. The third-order valence-corrected chi connectivity index (χ3v) is 4.49. The van der Waals surface area contributed by atoms with Crippen LogP contribution in [0.3, 0.4) is 0 Å². The molecule has 1 rings (SSSR count). The first-order valence-electron chi connectivity index (χ1n) is 5.23. The molecular formula is C11H14ClNO4S. The Labute approximate surface area is 111 Å². The summed E-state index contributed by atoms with van der Waals surface area (Å²) in [7, 11) is -3.76. The van der Waals surface area contributed by atoms with Gasteiger partial charge in [0, 0.05) is 11.1 Å². The largest absolute Gasteiger partial charge is 0.481 e. The van der Waals surface area contributed by atoms with E-state index in [1.54, 1.807) is 13.0 Å². The predicted molar refractivity (Wildman–Crippen MR) is 68.2 cm³/mol. The summed E-state index contributed by atoms with van der Waals surface area (Å²) in [6.07, 6.45) is -0.279. The molecule has 1 atom stereocenters. The van der Waals surface area contributed by atoms with Gasteiger partial charge in [0.25, 0.3) is 0 Å². The summed E-state index contributed by atoms with van der Waals surface area (Å²) < 4.78 is 26.4. The number of sulfonamides is 1. The van der Waals surface area contributed by atoms with E-state index in [0.29, 0.717) is 10.6 Å². The normalized spacial score (nSPS) is 13.3. The van der Waals surface area contributed by atoms with E-state index in [1.807, 2.05) is 0 Å².